The van der Waals surface area contributed by atoms with Crippen molar-refractivity contribution in [2.75, 3.05) is 27.9 Å². The second kappa shape index (κ2) is 5.97. The molecule has 92 valence electrons. The van der Waals surface area contributed by atoms with Gasteiger partial charge in [0.1, 0.15) is 5.75 Å². The molecule has 0 saturated heterocycles. The van der Waals surface area contributed by atoms with E-state index in [-0.39, 0.29) is 6.54 Å². The van der Waals surface area contributed by atoms with Crippen LogP contribution in [0.1, 0.15) is 11.5 Å². The van der Waals surface area contributed by atoms with Gasteiger partial charge in [0, 0.05) is 18.2 Å². The summed E-state index contributed by atoms with van der Waals surface area (Å²) in [5.74, 6) is 1.25. The van der Waals surface area contributed by atoms with Gasteiger partial charge >= 0.3 is 0 Å². The molecule has 0 aromatic heterocycles. The topological polar surface area (TPSA) is 77.5 Å². The van der Waals surface area contributed by atoms with E-state index in [1.165, 1.54) is 14.2 Å². The van der Waals surface area contributed by atoms with Crippen molar-refractivity contribution in [2.24, 2.45) is 5.73 Å². The van der Waals surface area contributed by atoms with E-state index in [2.05, 4.69) is 6.07 Å². The van der Waals surface area contributed by atoms with Crippen molar-refractivity contribution in [1.29, 1.82) is 5.26 Å². The molecule has 2 N–H and O–H groups in total. The first kappa shape index (κ1) is 13.1. The third-order valence-electron chi connectivity index (χ3n) is 2.50. The number of benzene rings is 1. The van der Waals surface area contributed by atoms with Gasteiger partial charge in [-0.1, -0.05) is 0 Å². The molecule has 1 unspecified atom stereocenters. The number of rotatable bonds is 5. The highest BCUT2D eigenvalue weighted by atomic mass is 16.5. The van der Waals surface area contributed by atoms with Gasteiger partial charge in [0.25, 0.3) is 0 Å². The summed E-state index contributed by atoms with van der Waals surface area (Å²) in [4.78, 5) is 0. The molecular weight excluding hydrogens is 220 g/mol. The first-order chi connectivity index (χ1) is 8.21. The zero-order chi connectivity index (χ0) is 12.8. The summed E-state index contributed by atoms with van der Waals surface area (Å²) in [5, 5.41) is 9.03. The summed E-state index contributed by atoms with van der Waals surface area (Å²) in [5.41, 5.74) is 6.25. The molecular formula is C12H16N2O3. The normalized spacial score (nSPS) is 11.5. The minimum atomic E-state index is -0.426. The van der Waals surface area contributed by atoms with Crippen LogP contribution in [0.4, 0.5) is 0 Å². The van der Waals surface area contributed by atoms with E-state index in [1.54, 1.807) is 19.2 Å². The van der Waals surface area contributed by atoms with E-state index < -0.39 is 5.92 Å². The molecule has 0 aliphatic heterocycles. The third kappa shape index (κ3) is 2.60. The minimum Gasteiger partial charge on any atom is -0.496 e. The fourth-order valence-electron chi connectivity index (χ4n) is 1.57. The van der Waals surface area contributed by atoms with Crippen molar-refractivity contribution in [1.82, 2.24) is 0 Å². The second-order valence-corrected chi connectivity index (χ2v) is 3.37. The van der Waals surface area contributed by atoms with Crippen LogP contribution in [0.15, 0.2) is 12.1 Å². The van der Waals surface area contributed by atoms with Crippen LogP contribution < -0.4 is 19.9 Å². The number of methoxy groups -OCH3 is 3. The second-order valence-electron chi connectivity index (χ2n) is 3.37. The van der Waals surface area contributed by atoms with Gasteiger partial charge in [-0.2, -0.15) is 5.26 Å². The molecule has 1 rings (SSSR count). The zero-order valence-corrected chi connectivity index (χ0v) is 10.2. The van der Waals surface area contributed by atoms with E-state index in [0.717, 1.165) is 0 Å². The van der Waals surface area contributed by atoms with Gasteiger partial charge in [-0.25, -0.2) is 0 Å². The largest absolute Gasteiger partial charge is 0.496 e. The molecule has 0 aliphatic rings. The number of nitrogens with zero attached hydrogens (tertiary/aromatic N) is 1. The van der Waals surface area contributed by atoms with Gasteiger partial charge in [0.2, 0.25) is 0 Å². The molecule has 5 nitrogen and oxygen atoms in total. The smallest absolute Gasteiger partial charge is 0.164 e. The first-order valence-electron chi connectivity index (χ1n) is 5.11. The van der Waals surface area contributed by atoms with Crippen LogP contribution in [-0.4, -0.2) is 27.9 Å². The summed E-state index contributed by atoms with van der Waals surface area (Å²) in [6, 6.07) is 5.54. The molecule has 1 aromatic rings. The van der Waals surface area contributed by atoms with Crippen molar-refractivity contribution in [3.05, 3.63) is 17.7 Å². The van der Waals surface area contributed by atoms with E-state index in [9.17, 15) is 0 Å². The molecule has 0 aliphatic carbocycles. The Morgan fingerprint density at radius 2 is 1.65 bits per heavy atom. The van der Waals surface area contributed by atoms with E-state index in [4.69, 9.17) is 25.2 Å². The van der Waals surface area contributed by atoms with Gasteiger partial charge in [-0.15, -0.1) is 0 Å². The molecule has 0 radical (unpaired) electrons. The van der Waals surface area contributed by atoms with Crippen LogP contribution in [0.3, 0.4) is 0 Å². The lowest BCUT2D eigenvalue weighted by atomic mass is 9.99. The number of nitrogens with two attached hydrogens (primary N) is 1. The number of hydrogen-bond donors (Lipinski definition) is 1. The van der Waals surface area contributed by atoms with Crippen LogP contribution in [0.2, 0.25) is 0 Å². The lowest BCUT2D eigenvalue weighted by molar-refractivity contribution is 0.347. The van der Waals surface area contributed by atoms with Gasteiger partial charge in [-0.3, -0.25) is 0 Å². The Hall–Kier alpha value is -1.93. The Morgan fingerprint density at radius 3 is 2.06 bits per heavy atom. The van der Waals surface area contributed by atoms with Crippen molar-refractivity contribution in [3.8, 4) is 23.3 Å². The average molecular weight is 236 g/mol. The van der Waals surface area contributed by atoms with E-state index in [1.807, 2.05) is 0 Å². The van der Waals surface area contributed by atoms with Crippen LogP contribution in [0.25, 0.3) is 0 Å². The third-order valence-corrected chi connectivity index (χ3v) is 2.50. The molecule has 0 saturated carbocycles. The van der Waals surface area contributed by atoms with Crippen LogP contribution in [-0.2, 0) is 0 Å². The summed E-state index contributed by atoms with van der Waals surface area (Å²) in [6.45, 7) is 0.225. The summed E-state index contributed by atoms with van der Waals surface area (Å²) >= 11 is 0. The number of hydrogen-bond acceptors (Lipinski definition) is 5. The maximum absolute atomic E-state index is 9.03. The SMILES string of the molecule is COc1cc(OC)c(C(C#N)CN)cc1OC. The lowest BCUT2D eigenvalue weighted by Crippen LogP contribution is -2.12. The maximum Gasteiger partial charge on any atom is 0.164 e. The van der Waals surface area contributed by atoms with Crippen molar-refractivity contribution < 1.29 is 14.2 Å². The van der Waals surface area contributed by atoms with Gasteiger partial charge in [0.05, 0.1) is 33.3 Å². The molecule has 0 fully saturated rings. The summed E-state index contributed by atoms with van der Waals surface area (Å²) in [6.07, 6.45) is 0. The predicted molar refractivity (Wildman–Crippen MR) is 63.5 cm³/mol. The predicted octanol–water partition coefficient (Wildman–Crippen LogP) is 1.28. The fraction of sp³-hybridized carbons (Fsp3) is 0.417. The van der Waals surface area contributed by atoms with E-state index in [0.29, 0.717) is 22.8 Å². The van der Waals surface area contributed by atoms with Gasteiger partial charge in [-0.05, 0) is 6.07 Å². The Kier molecular flexibility index (Phi) is 4.61. The summed E-state index contributed by atoms with van der Waals surface area (Å²) in [7, 11) is 4.62. The van der Waals surface area contributed by atoms with Gasteiger partial charge < -0.3 is 19.9 Å². The number of ether oxygens (including phenoxy) is 3. The maximum atomic E-state index is 9.03. The molecule has 17 heavy (non-hydrogen) atoms. The fourth-order valence-corrected chi connectivity index (χ4v) is 1.57. The molecule has 1 atom stereocenters. The molecule has 1 aromatic carbocycles. The number of nitriles is 1. The Bertz CT molecular complexity index is 426. The van der Waals surface area contributed by atoms with Crippen molar-refractivity contribution >= 4 is 0 Å². The molecule has 5 heteroatoms. The lowest BCUT2D eigenvalue weighted by Gasteiger charge is -2.16. The quantitative estimate of drug-likeness (QED) is 0.833. The highest BCUT2D eigenvalue weighted by Gasteiger charge is 2.18. The van der Waals surface area contributed by atoms with Crippen molar-refractivity contribution in [3.63, 3.8) is 0 Å². The Morgan fingerprint density at radius 1 is 1.12 bits per heavy atom. The highest BCUT2D eigenvalue weighted by Crippen LogP contribution is 2.37. The van der Waals surface area contributed by atoms with Crippen LogP contribution >= 0.6 is 0 Å². The first-order valence-corrected chi connectivity index (χ1v) is 5.11. The Balaban J connectivity index is 3.33. The minimum absolute atomic E-state index is 0.225. The molecule has 0 heterocycles. The summed E-state index contributed by atoms with van der Waals surface area (Å²) < 4.78 is 15.6. The standard InChI is InChI=1S/C12H16N2O3/c1-15-10-5-12(17-3)11(16-2)4-9(10)8(6-13)7-14/h4-5,8H,6,13H2,1-3H3. The van der Waals surface area contributed by atoms with Crippen molar-refractivity contribution in [2.45, 2.75) is 5.92 Å². The van der Waals surface area contributed by atoms with Crippen LogP contribution in [0, 0.1) is 11.3 Å². The molecule has 0 bridgehead atoms. The average Bonchev–Trinajstić information content (AvgIpc) is 2.39. The van der Waals surface area contributed by atoms with Gasteiger partial charge in [0.15, 0.2) is 11.5 Å². The van der Waals surface area contributed by atoms with Crippen LogP contribution in [0.5, 0.6) is 17.2 Å². The monoisotopic (exact) mass is 236 g/mol. The Labute approximate surface area is 101 Å². The molecule has 0 spiro atoms. The van der Waals surface area contributed by atoms with E-state index >= 15 is 0 Å². The molecule has 0 amide bonds. The zero-order valence-electron chi connectivity index (χ0n) is 10.2. The highest BCUT2D eigenvalue weighted by molar-refractivity contribution is 5.53.